The van der Waals surface area contributed by atoms with Crippen LogP contribution >= 0.6 is 0 Å². The van der Waals surface area contributed by atoms with E-state index in [-0.39, 0.29) is 11.6 Å². The van der Waals surface area contributed by atoms with Crippen molar-refractivity contribution in [3.05, 3.63) is 29.1 Å². The lowest BCUT2D eigenvalue weighted by molar-refractivity contribution is 0.419. The highest BCUT2D eigenvalue weighted by Crippen LogP contribution is 2.34. The summed E-state index contributed by atoms with van der Waals surface area (Å²) in [6.07, 6.45) is 1.94. The van der Waals surface area contributed by atoms with Gasteiger partial charge in [-0.2, -0.15) is 0 Å². The number of hydrogen-bond acceptors (Lipinski definition) is 2. The van der Waals surface area contributed by atoms with E-state index in [9.17, 15) is 9.50 Å². The molecule has 2 nitrogen and oxygen atoms in total. The highest BCUT2D eigenvalue weighted by Gasteiger charge is 2.19. The zero-order valence-corrected chi connectivity index (χ0v) is 8.89. The standard InChI is InChI=1S/C12H16FNO/c1-8-6-10(13)7-11(12(8)15)9-2-4-14-5-3-9/h6-7,9,14-15H,2-5H2,1H3. The molecular formula is C12H16FNO. The molecule has 2 N–H and O–H groups in total. The number of nitrogens with one attached hydrogen (secondary N) is 1. The molecule has 1 aromatic carbocycles. The molecule has 1 aromatic rings. The van der Waals surface area contributed by atoms with Crippen LogP contribution in [0.4, 0.5) is 4.39 Å². The molecule has 82 valence electrons. The Hall–Kier alpha value is -1.09. The second-order valence-corrected chi connectivity index (χ2v) is 4.18. The predicted octanol–water partition coefficient (Wildman–Crippen LogP) is 2.31. The minimum absolute atomic E-state index is 0.251. The zero-order valence-electron chi connectivity index (χ0n) is 8.89. The highest BCUT2D eigenvalue weighted by molar-refractivity contribution is 5.42. The van der Waals surface area contributed by atoms with Gasteiger partial charge in [0.2, 0.25) is 0 Å². The SMILES string of the molecule is Cc1cc(F)cc(C2CCNCC2)c1O. The Labute approximate surface area is 89.1 Å². The normalized spacial score (nSPS) is 18.0. The molecule has 15 heavy (non-hydrogen) atoms. The molecule has 2 rings (SSSR count). The first-order chi connectivity index (χ1) is 7.18. The first-order valence-electron chi connectivity index (χ1n) is 5.38. The third-order valence-corrected chi connectivity index (χ3v) is 3.07. The molecule has 0 unspecified atom stereocenters. The fraction of sp³-hybridized carbons (Fsp3) is 0.500. The van der Waals surface area contributed by atoms with Gasteiger partial charge in [0.25, 0.3) is 0 Å². The average molecular weight is 209 g/mol. The molecule has 0 atom stereocenters. The number of halogens is 1. The Morgan fingerprint density at radius 3 is 2.67 bits per heavy atom. The van der Waals surface area contributed by atoms with Crippen molar-refractivity contribution in [2.45, 2.75) is 25.7 Å². The van der Waals surface area contributed by atoms with Crippen LogP contribution in [0.3, 0.4) is 0 Å². The van der Waals surface area contributed by atoms with E-state index in [1.54, 1.807) is 6.92 Å². The molecule has 1 fully saturated rings. The predicted molar refractivity (Wildman–Crippen MR) is 57.6 cm³/mol. The smallest absolute Gasteiger partial charge is 0.124 e. The van der Waals surface area contributed by atoms with E-state index >= 15 is 0 Å². The first-order valence-corrected chi connectivity index (χ1v) is 5.38. The van der Waals surface area contributed by atoms with Crippen LogP contribution in [-0.4, -0.2) is 18.2 Å². The molecular weight excluding hydrogens is 193 g/mol. The van der Waals surface area contributed by atoms with Crippen LogP contribution in [0.1, 0.15) is 29.9 Å². The Balaban J connectivity index is 2.33. The minimum atomic E-state index is -0.251. The van der Waals surface area contributed by atoms with Crippen molar-refractivity contribution in [2.75, 3.05) is 13.1 Å². The summed E-state index contributed by atoms with van der Waals surface area (Å²) in [6.45, 7) is 3.63. The van der Waals surface area contributed by atoms with Gasteiger partial charge in [-0.25, -0.2) is 4.39 Å². The third kappa shape index (κ3) is 2.12. The van der Waals surface area contributed by atoms with Crippen LogP contribution in [-0.2, 0) is 0 Å². The van der Waals surface area contributed by atoms with Crippen LogP contribution in [0, 0.1) is 12.7 Å². The van der Waals surface area contributed by atoms with Gasteiger partial charge in [0, 0.05) is 5.56 Å². The fourth-order valence-corrected chi connectivity index (χ4v) is 2.21. The Bertz CT molecular complexity index is 359. The van der Waals surface area contributed by atoms with Gasteiger partial charge < -0.3 is 10.4 Å². The largest absolute Gasteiger partial charge is 0.507 e. The summed E-state index contributed by atoms with van der Waals surface area (Å²) in [7, 11) is 0. The van der Waals surface area contributed by atoms with Gasteiger partial charge in [-0.15, -0.1) is 0 Å². The number of benzene rings is 1. The molecule has 0 radical (unpaired) electrons. The van der Waals surface area contributed by atoms with Crippen molar-refractivity contribution in [1.82, 2.24) is 5.32 Å². The number of phenols is 1. The molecule has 3 heteroatoms. The number of hydrogen-bond donors (Lipinski definition) is 2. The van der Waals surface area contributed by atoms with Crippen molar-refractivity contribution in [3.63, 3.8) is 0 Å². The van der Waals surface area contributed by atoms with Crippen LogP contribution in [0.2, 0.25) is 0 Å². The first kappa shape index (κ1) is 10.4. The third-order valence-electron chi connectivity index (χ3n) is 3.07. The van der Waals surface area contributed by atoms with E-state index < -0.39 is 0 Å². The lowest BCUT2D eigenvalue weighted by Gasteiger charge is -2.24. The topological polar surface area (TPSA) is 32.3 Å². The van der Waals surface area contributed by atoms with Crippen molar-refractivity contribution in [2.24, 2.45) is 0 Å². The maximum atomic E-state index is 13.2. The van der Waals surface area contributed by atoms with Gasteiger partial charge in [0.1, 0.15) is 11.6 Å². The van der Waals surface area contributed by atoms with E-state index in [0.29, 0.717) is 11.5 Å². The molecule has 0 bridgehead atoms. The van der Waals surface area contributed by atoms with Crippen molar-refractivity contribution in [1.29, 1.82) is 0 Å². The molecule has 0 aromatic heterocycles. The molecule has 1 heterocycles. The monoisotopic (exact) mass is 209 g/mol. The van der Waals surface area contributed by atoms with Gasteiger partial charge in [0.15, 0.2) is 0 Å². The van der Waals surface area contributed by atoms with E-state index in [2.05, 4.69) is 5.32 Å². The summed E-state index contributed by atoms with van der Waals surface area (Å²) >= 11 is 0. The van der Waals surface area contributed by atoms with Gasteiger partial charge in [-0.05, 0) is 56.5 Å². The summed E-state index contributed by atoms with van der Waals surface area (Å²) in [5, 5.41) is 13.1. The van der Waals surface area contributed by atoms with Crippen LogP contribution in [0.5, 0.6) is 5.75 Å². The van der Waals surface area contributed by atoms with Crippen molar-refractivity contribution < 1.29 is 9.50 Å². The summed E-state index contributed by atoms with van der Waals surface area (Å²) in [6, 6.07) is 2.85. The van der Waals surface area contributed by atoms with E-state index in [1.807, 2.05) is 0 Å². The Morgan fingerprint density at radius 1 is 1.33 bits per heavy atom. The second-order valence-electron chi connectivity index (χ2n) is 4.18. The number of phenolic OH excluding ortho intramolecular Hbond substituents is 1. The maximum absolute atomic E-state index is 13.2. The molecule has 0 saturated carbocycles. The Kier molecular flexibility index (Phi) is 2.91. The molecule has 0 spiro atoms. The van der Waals surface area contributed by atoms with Gasteiger partial charge in [-0.3, -0.25) is 0 Å². The average Bonchev–Trinajstić information content (AvgIpc) is 2.24. The van der Waals surface area contributed by atoms with Crippen LogP contribution in [0.15, 0.2) is 12.1 Å². The molecule has 0 amide bonds. The number of aryl methyl sites for hydroxylation is 1. The summed E-state index contributed by atoms with van der Waals surface area (Å²) in [5.74, 6) is 0.308. The minimum Gasteiger partial charge on any atom is -0.507 e. The van der Waals surface area contributed by atoms with Gasteiger partial charge >= 0.3 is 0 Å². The lowest BCUT2D eigenvalue weighted by Crippen LogP contribution is -2.26. The van der Waals surface area contributed by atoms with E-state index in [1.165, 1.54) is 12.1 Å². The molecule has 1 aliphatic heterocycles. The summed E-state index contributed by atoms with van der Waals surface area (Å²) in [4.78, 5) is 0. The molecule has 0 aliphatic carbocycles. The summed E-state index contributed by atoms with van der Waals surface area (Å²) in [5.41, 5.74) is 1.40. The number of piperidine rings is 1. The maximum Gasteiger partial charge on any atom is 0.124 e. The summed E-state index contributed by atoms with van der Waals surface area (Å²) < 4.78 is 13.2. The highest BCUT2D eigenvalue weighted by atomic mass is 19.1. The van der Waals surface area contributed by atoms with E-state index in [4.69, 9.17) is 0 Å². The van der Waals surface area contributed by atoms with Crippen LogP contribution < -0.4 is 5.32 Å². The van der Waals surface area contributed by atoms with Gasteiger partial charge in [0.05, 0.1) is 0 Å². The number of aromatic hydroxyl groups is 1. The Morgan fingerprint density at radius 2 is 2.00 bits per heavy atom. The fourth-order valence-electron chi connectivity index (χ4n) is 2.21. The second kappa shape index (κ2) is 4.19. The quantitative estimate of drug-likeness (QED) is 0.744. The van der Waals surface area contributed by atoms with E-state index in [0.717, 1.165) is 31.5 Å². The zero-order chi connectivity index (χ0) is 10.8. The van der Waals surface area contributed by atoms with Crippen molar-refractivity contribution in [3.8, 4) is 5.75 Å². The molecule has 1 aliphatic rings. The lowest BCUT2D eigenvalue weighted by atomic mass is 9.88. The number of rotatable bonds is 1. The van der Waals surface area contributed by atoms with Crippen molar-refractivity contribution >= 4 is 0 Å². The van der Waals surface area contributed by atoms with Gasteiger partial charge in [-0.1, -0.05) is 0 Å². The van der Waals surface area contributed by atoms with Crippen LogP contribution in [0.25, 0.3) is 0 Å². The molecule has 1 saturated heterocycles.